The Kier molecular flexibility index (Phi) is 6.24. The predicted molar refractivity (Wildman–Crippen MR) is 50.9 cm³/mol. The minimum Gasteiger partial charge on any atom is -0.375 e. The molecule has 0 saturated heterocycles. The standard InChI is InChI=1S/C6H11Cl2O3P/c1-3-4-10-5-6(2)11-12(7,8)9/h3,6H,1,4-5H2,2H3. The minimum atomic E-state index is -3.43. The van der Waals surface area contributed by atoms with Gasteiger partial charge in [-0.25, -0.2) is 0 Å². The summed E-state index contributed by atoms with van der Waals surface area (Å²) in [6.45, 7) is 5.83. The number of hydrogen-bond donors (Lipinski definition) is 0. The van der Waals surface area contributed by atoms with Gasteiger partial charge in [0, 0.05) is 0 Å². The number of rotatable bonds is 6. The van der Waals surface area contributed by atoms with Crippen LogP contribution in [0.25, 0.3) is 0 Å². The SMILES string of the molecule is C=CCOCC(C)OP(=O)(Cl)Cl. The summed E-state index contributed by atoms with van der Waals surface area (Å²) in [6.07, 6.45) is -2.21. The molecule has 0 heterocycles. The smallest absolute Gasteiger partial charge is 0.375 e. The molecule has 0 N–H and O–H groups in total. The van der Waals surface area contributed by atoms with Gasteiger partial charge in [-0.2, -0.15) is 0 Å². The molecule has 0 rings (SSSR count). The molecule has 72 valence electrons. The number of hydrogen-bond acceptors (Lipinski definition) is 3. The molecule has 0 fully saturated rings. The van der Waals surface area contributed by atoms with Gasteiger partial charge in [0.25, 0.3) is 0 Å². The van der Waals surface area contributed by atoms with Crippen molar-refractivity contribution in [1.29, 1.82) is 0 Å². The van der Waals surface area contributed by atoms with Crippen molar-refractivity contribution < 1.29 is 13.8 Å². The highest BCUT2D eigenvalue weighted by Gasteiger charge is 2.18. The van der Waals surface area contributed by atoms with Crippen LogP contribution in [0.5, 0.6) is 0 Å². The lowest BCUT2D eigenvalue weighted by atomic mass is 10.4. The molecule has 0 saturated carbocycles. The average molecular weight is 233 g/mol. The van der Waals surface area contributed by atoms with E-state index in [1.165, 1.54) is 0 Å². The van der Waals surface area contributed by atoms with E-state index in [-0.39, 0.29) is 12.7 Å². The van der Waals surface area contributed by atoms with Gasteiger partial charge in [-0.05, 0) is 29.4 Å². The van der Waals surface area contributed by atoms with Gasteiger partial charge in [-0.3, -0.25) is 4.57 Å². The summed E-state index contributed by atoms with van der Waals surface area (Å²) in [7, 11) is 0. The first-order valence-corrected chi connectivity index (χ1v) is 6.75. The van der Waals surface area contributed by atoms with Crippen molar-refractivity contribution >= 4 is 28.6 Å². The van der Waals surface area contributed by atoms with Crippen molar-refractivity contribution in [3.8, 4) is 0 Å². The second-order valence-corrected chi connectivity index (χ2v) is 6.39. The molecule has 0 spiro atoms. The van der Waals surface area contributed by atoms with Crippen molar-refractivity contribution in [3.05, 3.63) is 12.7 Å². The average Bonchev–Trinajstić information content (AvgIpc) is 1.84. The highest BCUT2D eigenvalue weighted by atomic mass is 35.9. The maximum Gasteiger partial charge on any atom is 0.380 e. The Morgan fingerprint density at radius 2 is 2.25 bits per heavy atom. The van der Waals surface area contributed by atoms with Crippen molar-refractivity contribution in [2.75, 3.05) is 13.2 Å². The van der Waals surface area contributed by atoms with Gasteiger partial charge in [0.2, 0.25) is 0 Å². The topological polar surface area (TPSA) is 35.5 Å². The van der Waals surface area contributed by atoms with Gasteiger partial charge in [0.1, 0.15) is 0 Å². The van der Waals surface area contributed by atoms with E-state index in [4.69, 9.17) is 31.7 Å². The lowest BCUT2D eigenvalue weighted by Crippen LogP contribution is -2.12. The molecule has 0 amide bonds. The Hall–Kier alpha value is 0.470. The van der Waals surface area contributed by atoms with Gasteiger partial charge in [0.05, 0.1) is 19.3 Å². The van der Waals surface area contributed by atoms with Crippen LogP contribution in [0.1, 0.15) is 6.92 Å². The third kappa shape index (κ3) is 8.57. The molecular weight excluding hydrogens is 222 g/mol. The fourth-order valence-electron chi connectivity index (χ4n) is 0.557. The van der Waals surface area contributed by atoms with Crippen LogP contribution < -0.4 is 0 Å². The maximum atomic E-state index is 10.7. The lowest BCUT2D eigenvalue weighted by Gasteiger charge is -2.12. The number of halogens is 2. The van der Waals surface area contributed by atoms with Gasteiger partial charge >= 0.3 is 6.07 Å². The fraction of sp³-hybridized carbons (Fsp3) is 0.667. The Bertz CT molecular complexity index is 180. The molecule has 3 nitrogen and oxygen atoms in total. The molecule has 0 aromatic carbocycles. The molecule has 0 radical (unpaired) electrons. The van der Waals surface area contributed by atoms with Gasteiger partial charge in [-0.15, -0.1) is 6.58 Å². The molecule has 0 aliphatic rings. The van der Waals surface area contributed by atoms with Crippen LogP contribution in [0.3, 0.4) is 0 Å². The Balaban J connectivity index is 3.53. The predicted octanol–water partition coefficient (Wildman–Crippen LogP) is 3.18. The van der Waals surface area contributed by atoms with E-state index in [0.717, 1.165) is 0 Å². The molecule has 0 aromatic heterocycles. The van der Waals surface area contributed by atoms with E-state index >= 15 is 0 Å². The molecule has 1 atom stereocenters. The van der Waals surface area contributed by atoms with Crippen LogP contribution in [0, 0.1) is 0 Å². The van der Waals surface area contributed by atoms with Gasteiger partial charge in [-0.1, -0.05) is 6.08 Å². The zero-order valence-electron chi connectivity index (χ0n) is 6.70. The zero-order valence-corrected chi connectivity index (χ0v) is 9.11. The Morgan fingerprint density at radius 3 is 2.67 bits per heavy atom. The van der Waals surface area contributed by atoms with Crippen molar-refractivity contribution in [3.63, 3.8) is 0 Å². The molecule has 0 aliphatic carbocycles. The second-order valence-electron chi connectivity index (χ2n) is 2.16. The number of ether oxygens (including phenoxy) is 1. The summed E-state index contributed by atoms with van der Waals surface area (Å²) in [5.74, 6) is 0. The molecule has 1 unspecified atom stereocenters. The summed E-state index contributed by atoms with van der Waals surface area (Å²) in [5, 5.41) is 0. The first-order chi connectivity index (χ1) is 5.45. The Morgan fingerprint density at radius 1 is 1.67 bits per heavy atom. The van der Waals surface area contributed by atoms with E-state index in [1.807, 2.05) is 0 Å². The van der Waals surface area contributed by atoms with Crippen LogP contribution in [0.15, 0.2) is 12.7 Å². The highest BCUT2D eigenvalue weighted by Crippen LogP contribution is 2.58. The van der Waals surface area contributed by atoms with Gasteiger partial charge in [0.15, 0.2) is 0 Å². The largest absolute Gasteiger partial charge is 0.380 e. The first-order valence-electron chi connectivity index (χ1n) is 3.32. The van der Waals surface area contributed by atoms with E-state index in [1.54, 1.807) is 13.0 Å². The van der Waals surface area contributed by atoms with Crippen molar-refractivity contribution in [2.24, 2.45) is 0 Å². The van der Waals surface area contributed by atoms with E-state index in [2.05, 4.69) is 6.58 Å². The molecule has 0 bridgehead atoms. The van der Waals surface area contributed by atoms with E-state index in [9.17, 15) is 4.57 Å². The molecule has 0 aromatic rings. The van der Waals surface area contributed by atoms with Crippen molar-refractivity contribution in [1.82, 2.24) is 0 Å². The summed E-state index contributed by atoms with van der Waals surface area (Å²) in [6, 6.07) is 0. The third-order valence-corrected chi connectivity index (χ3v) is 1.97. The second kappa shape index (κ2) is 6.01. The van der Waals surface area contributed by atoms with Crippen molar-refractivity contribution in [2.45, 2.75) is 13.0 Å². The maximum absolute atomic E-state index is 10.7. The van der Waals surface area contributed by atoms with Gasteiger partial charge < -0.3 is 9.26 Å². The molecule has 6 heteroatoms. The monoisotopic (exact) mass is 232 g/mol. The van der Waals surface area contributed by atoms with E-state index < -0.39 is 6.07 Å². The third-order valence-electron chi connectivity index (χ3n) is 0.891. The minimum absolute atomic E-state index is 0.287. The first kappa shape index (κ1) is 12.5. The quantitative estimate of drug-likeness (QED) is 0.401. The molecule has 12 heavy (non-hydrogen) atoms. The summed E-state index contributed by atoms with van der Waals surface area (Å²) >= 11 is 10.3. The normalized spacial score (nSPS) is 14.2. The molecular formula is C6H11Cl2O3P. The lowest BCUT2D eigenvalue weighted by molar-refractivity contribution is 0.0790. The van der Waals surface area contributed by atoms with Crippen LogP contribution >= 0.6 is 28.6 Å². The Labute approximate surface area is 81.7 Å². The highest BCUT2D eigenvalue weighted by molar-refractivity contribution is 8.05. The van der Waals surface area contributed by atoms with Crippen LogP contribution in [-0.2, 0) is 13.8 Å². The van der Waals surface area contributed by atoms with Crippen LogP contribution in [-0.4, -0.2) is 19.3 Å². The van der Waals surface area contributed by atoms with Crippen LogP contribution in [0.2, 0.25) is 0 Å². The fourth-order valence-corrected chi connectivity index (χ4v) is 1.85. The van der Waals surface area contributed by atoms with E-state index in [0.29, 0.717) is 6.61 Å². The molecule has 0 aliphatic heterocycles. The summed E-state index contributed by atoms with van der Waals surface area (Å²) in [4.78, 5) is 0. The summed E-state index contributed by atoms with van der Waals surface area (Å²) < 4.78 is 20.4. The van der Waals surface area contributed by atoms with Crippen LogP contribution in [0.4, 0.5) is 0 Å². The summed E-state index contributed by atoms with van der Waals surface area (Å²) in [5.41, 5.74) is 0. The zero-order chi connectivity index (χ0) is 9.61.